The summed E-state index contributed by atoms with van der Waals surface area (Å²) in [6.45, 7) is 0. The van der Waals surface area contributed by atoms with Crippen molar-refractivity contribution in [2.24, 2.45) is 0 Å². The number of rotatable bonds is 4. The third kappa shape index (κ3) is 3.09. The number of nitrogens with zero attached hydrogens (tertiary/aromatic N) is 3. The first kappa shape index (κ1) is 13.4. The van der Waals surface area contributed by atoms with Gasteiger partial charge in [0.2, 0.25) is 5.91 Å². The van der Waals surface area contributed by atoms with E-state index in [2.05, 4.69) is 25.3 Å². The average molecular weight is 291 g/mol. The first-order chi connectivity index (χ1) is 9.83. The Morgan fingerprint density at radius 1 is 1.30 bits per heavy atom. The van der Waals surface area contributed by atoms with Gasteiger partial charge in [0.25, 0.3) is 0 Å². The summed E-state index contributed by atoms with van der Waals surface area (Å²) < 4.78 is 0. The molecule has 0 saturated heterocycles. The second kappa shape index (κ2) is 6.21. The van der Waals surface area contributed by atoms with Gasteiger partial charge < -0.3 is 10.3 Å². The Morgan fingerprint density at radius 3 is 3.00 bits per heavy atom. The number of carbonyl (C=O) groups is 1. The number of hydrogen-bond donors (Lipinski definition) is 2. The minimum absolute atomic E-state index is 0.0770. The molecule has 7 heteroatoms. The average Bonchev–Trinajstić information content (AvgIpc) is 2.95. The number of nitrogens with one attached hydrogen (secondary N) is 2. The van der Waals surface area contributed by atoms with Crippen LogP contribution in [0.15, 0.2) is 17.7 Å². The van der Waals surface area contributed by atoms with Crippen molar-refractivity contribution in [1.82, 2.24) is 25.3 Å². The Bertz CT molecular complexity index is 593. The fourth-order valence-electron chi connectivity index (χ4n) is 2.50. The van der Waals surface area contributed by atoms with Gasteiger partial charge in [-0.3, -0.25) is 4.79 Å². The molecule has 6 nitrogen and oxygen atoms in total. The van der Waals surface area contributed by atoms with Crippen LogP contribution in [-0.4, -0.2) is 37.6 Å². The number of aromatic amines is 1. The SMILES string of the molecule is O=C(CSc1ncnc2nc[nH]c12)NC1CCCCC1. The molecule has 0 aromatic carbocycles. The van der Waals surface area contributed by atoms with E-state index >= 15 is 0 Å². The molecule has 0 unspecified atom stereocenters. The van der Waals surface area contributed by atoms with Crippen molar-refractivity contribution < 1.29 is 4.79 Å². The number of H-pyrrole nitrogens is 1. The molecule has 20 heavy (non-hydrogen) atoms. The molecule has 1 fully saturated rings. The molecule has 1 amide bonds. The van der Waals surface area contributed by atoms with E-state index in [0.717, 1.165) is 23.4 Å². The standard InChI is InChI=1S/C13H17N5OS/c19-10(18-9-4-2-1-3-5-9)6-20-13-11-12(15-7-14-11)16-8-17-13/h7-9H,1-6H2,(H,18,19)(H,14,15,16,17). The van der Waals surface area contributed by atoms with Gasteiger partial charge in [-0.1, -0.05) is 31.0 Å². The van der Waals surface area contributed by atoms with Gasteiger partial charge in [0.05, 0.1) is 12.1 Å². The van der Waals surface area contributed by atoms with Crippen LogP contribution in [0, 0.1) is 0 Å². The maximum atomic E-state index is 12.0. The molecule has 2 aromatic rings. The Kier molecular flexibility index (Phi) is 4.15. The number of fused-ring (bicyclic) bond motifs is 1. The Balaban J connectivity index is 1.56. The Morgan fingerprint density at radius 2 is 2.15 bits per heavy atom. The quantitative estimate of drug-likeness (QED) is 0.664. The molecule has 1 aliphatic rings. The molecule has 0 bridgehead atoms. The molecular formula is C13H17N5OS. The summed E-state index contributed by atoms with van der Waals surface area (Å²) in [5.74, 6) is 0.454. The van der Waals surface area contributed by atoms with Crippen LogP contribution in [-0.2, 0) is 4.79 Å². The third-order valence-electron chi connectivity index (χ3n) is 3.50. The number of aromatic nitrogens is 4. The van der Waals surface area contributed by atoms with E-state index in [1.54, 1.807) is 6.33 Å². The molecule has 2 aromatic heterocycles. The maximum absolute atomic E-state index is 12.0. The number of amides is 1. The van der Waals surface area contributed by atoms with Crippen LogP contribution in [0.3, 0.4) is 0 Å². The highest BCUT2D eigenvalue weighted by atomic mass is 32.2. The Labute approximate surface area is 121 Å². The van der Waals surface area contributed by atoms with E-state index < -0.39 is 0 Å². The highest BCUT2D eigenvalue weighted by molar-refractivity contribution is 8.00. The van der Waals surface area contributed by atoms with E-state index in [4.69, 9.17) is 0 Å². The minimum Gasteiger partial charge on any atom is -0.353 e. The maximum Gasteiger partial charge on any atom is 0.230 e. The fourth-order valence-corrected chi connectivity index (χ4v) is 3.27. The summed E-state index contributed by atoms with van der Waals surface area (Å²) in [5, 5.41) is 3.87. The topological polar surface area (TPSA) is 83.6 Å². The van der Waals surface area contributed by atoms with Crippen molar-refractivity contribution in [3.05, 3.63) is 12.7 Å². The van der Waals surface area contributed by atoms with E-state index in [1.165, 1.54) is 37.4 Å². The van der Waals surface area contributed by atoms with Gasteiger partial charge in [-0.05, 0) is 12.8 Å². The van der Waals surface area contributed by atoms with E-state index in [-0.39, 0.29) is 5.91 Å². The predicted molar refractivity (Wildman–Crippen MR) is 77.4 cm³/mol. The van der Waals surface area contributed by atoms with Crippen LogP contribution < -0.4 is 5.32 Å². The van der Waals surface area contributed by atoms with Gasteiger partial charge in [0.1, 0.15) is 16.9 Å². The second-order valence-corrected chi connectivity index (χ2v) is 5.94. The lowest BCUT2D eigenvalue weighted by Gasteiger charge is -2.22. The van der Waals surface area contributed by atoms with Crippen LogP contribution in [0.25, 0.3) is 11.2 Å². The summed E-state index contributed by atoms with van der Waals surface area (Å²) in [5.41, 5.74) is 1.43. The molecule has 0 spiro atoms. The van der Waals surface area contributed by atoms with Crippen LogP contribution in [0.5, 0.6) is 0 Å². The van der Waals surface area contributed by atoms with Crippen LogP contribution >= 0.6 is 11.8 Å². The molecule has 0 atom stereocenters. The van der Waals surface area contributed by atoms with E-state index in [9.17, 15) is 4.79 Å². The number of carbonyl (C=O) groups excluding carboxylic acids is 1. The lowest BCUT2D eigenvalue weighted by Crippen LogP contribution is -2.37. The number of imidazole rings is 1. The molecule has 106 valence electrons. The van der Waals surface area contributed by atoms with Crippen molar-refractivity contribution in [3.8, 4) is 0 Å². The lowest BCUT2D eigenvalue weighted by molar-refractivity contribution is -0.119. The summed E-state index contributed by atoms with van der Waals surface area (Å²) >= 11 is 1.42. The van der Waals surface area contributed by atoms with Crippen molar-refractivity contribution in [3.63, 3.8) is 0 Å². The smallest absolute Gasteiger partial charge is 0.230 e. The molecule has 0 aliphatic heterocycles. The summed E-state index contributed by atoms with van der Waals surface area (Å²) in [6, 6.07) is 0.356. The van der Waals surface area contributed by atoms with Crippen molar-refractivity contribution in [2.45, 2.75) is 43.2 Å². The third-order valence-corrected chi connectivity index (χ3v) is 4.49. The van der Waals surface area contributed by atoms with Crippen LogP contribution in [0.4, 0.5) is 0 Å². The second-order valence-electron chi connectivity index (χ2n) is 4.97. The van der Waals surface area contributed by atoms with Gasteiger partial charge >= 0.3 is 0 Å². The predicted octanol–water partition coefficient (Wildman–Crippen LogP) is 1.89. The minimum atomic E-state index is 0.0770. The molecule has 1 aliphatic carbocycles. The lowest BCUT2D eigenvalue weighted by atomic mass is 9.95. The molecule has 2 N–H and O–H groups in total. The van der Waals surface area contributed by atoms with Gasteiger partial charge in [-0.25, -0.2) is 15.0 Å². The summed E-state index contributed by atoms with van der Waals surface area (Å²) in [6.07, 6.45) is 9.01. The first-order valence-electron chi connectivity index (χ1n) is 6.89. The van der Waals surface area contributed by atoms with Crippen molar-refractivity contribution in [2.75, 3.05) is 5.75 Å². The molecule has 3 rings (SSSR count). The highest BCUT2D eigenvalue weighted by Gasteiger charge is 2.16. The van der Waals surface area contributed by atoms with Crippen molar-refractivity contribution >= 4 is 28.8 Å². The first-order valence-corrected chi connectivity index (χ1v) is 7.88. The zero-order valence-corrected chi connectivity index (χ0v) is 11.9. The fraction of sp³-hybridized carbons (Fsp3) is 0.538. The van der Waals surface area contributed by atoms with Gasteiger partial charge in [0, 0.05) is 6.04 Å². The van der Waals surface area contributed by atoms with Crippen LogP contribution in [0.2, 0.25) is 0 Å². The summed E-state index contributed by atoms with van der Waals surface area (Å²) in [4.78, 5) is 27.3. The zero-order valence-electron chi connectivity index (χ0n) is 11.1. The number of thioether (sulfide) groups is 1. The highest BCUT2D eigenvalue weighted by Crippen LogP contribution is 2.22. The Hall–Kier alpha value is -1.63. The monoisotopic (exact) mass is 291 g/mol. The molecule has 0 radical (unpaired) electrons. The molecule has 1 saturated carbocycles. The van der Waals surface area contributed by atoms with Crippen LogP contribution in [0.1, 0.15) is 32.1 Å². The van der Waals surface area contributed by atoms with E-state index in [1.807, 2.05) is 0 Å². The largest absolute Gasteiger partial charge is 0.353 e. The zero-order chi connectivity index (χ0) is 13.8. The molecule has 2 heterocycles. The number of hydrogen-bond acceptors (Lipinski definition) is 5. The normalized spacial score (nSPS) is 16.4. The van der Waals surface area contributed by atoms with Gasteiger partial charge in [-0.2, -0.15) is 0 Å². The van der Waals surface area contributed by atoms with Gasteiger partial charge in [-0.15, -0.1) is 0 Å². The summed E-state index contributed by atoms with van der Waals surface area (Å²) in [7, 11) is 0. The van der Waals surface area contributed by atoms with E-state index in [0.29, 0.717) is 17.4 Å². The van der Waals surface area contributed by atoms with Crippen molar-refractivity contribution in [1.29, 1.82) is 0 Å². The molecular weight excluding hydrogens is 274 g/mol. The van der Waals surface area contributed by atoms with Gasteiger partial charge in [0.15, 0.2) is 5.65 Å².